The van der Waals surface area contributed by atoms with E-state index in [2.05, 4.69) is 17.0 Å². The number of para-hydroxylation sites is 1. The van der Waals surface area contributed by atoms with Gasteiger partial charge in [0.15, 0.2) is 17.3 Å². The number of rotatable bonds is 6. The first kappa shape index (κ1) is 13.6. The van der Waals surface area contributed by atoms with Crippen LogP contribution in [-0.4, -0.2) is 14.8 Å². The predicted molar refractivity (Wildman–Crippen MR) is 78.8 cm³/mol. The van der Waals surface area contributed by atoms with Gasteiger partial charge >= 0.3 is 0 Å². The smallest absolute Gasteiger partial charge is 0.170 e. The Labute approximate surface area is 122 Å². The SMILES string of the molecule is CCCn1ncnc1COc1c(CN)oc2ccccc12. The molecule has 1 aromatic carbocycles. The first-order valence-electron chi connectivity index (χ1n) is 7.03. The number of furan rings is 1. The van der Waals surface area contributed by atoms with Crippen LogP contribution in [0.5, 0.6) is 5.75 Å². The van der Waals surface area contributed by atoms with Gasteiger partial charge in [-0.1, -0.05) is 19.1 Å². The molecule has 0 spiro atoms. The maximum Gasteiger partial charge on any atom is 0.170 e. The fraction of sp³-hybridized carbons (Fsp3) is 0.333. The van der Waals surface area contributed by atoms with Gasteiger partial charge in [-0.05, 0) is 18.6 Å². The normalized spacial score (nSPS) is 11.1. The molecule has 2 aromatic heterocycles. The van der Waals surface area contributed by atoms with E-state index in [0.29, 0.717) is 24.7 Å². The van der Waals surface area contributed by atoms with E-state index in [4.69, 9.17) is 14.9 Å². The van der Waals surface area contributed by atoms with Gasteiger partial charge < -0.3 is 14.9 Å². The number of hydrogen-bond acceptors (Lipinski definition) is 5. The van der Waals surface area contributed by atoms with Crippen LogP contribution in [0.1, 0.15) is 24.9 Å². The summed E-state index contributed by atoms with van der Waals surface area (Å²) in [6, 6.07) is 7.74. The lowest BCUT2D eigenvalue weighted by Crippen LogP contribution is -2.09. The molecule has 3 rings (SSSR count). The van der Waals surface area contributed by atoms with Crippen molar-refractivity contribution in [3.63, 3.8) is 0 Å². The van der Waals surface area contributed by atoms with Crippen LogP contribution < -0.4 is 10.5 Å². The van der Waals surface area contributed by atoms with Crippen molar-refractivity contribution in [2.24, 2.45) is 5.73 Å². The van der Waals surface area contributed by atoms with Crippen LogP contribution in [0.3, 0.4) is 0 Å². The summed E-state index contributed by atoms with van der Waals surface area (Å²) in [6.45, 7) is 3.57. The quantitative estimate of drug-likeness (QED) is 0.753. The fourth-order valence-electron chi connectivity index (χ4n) is 2.30. The van der Waals surface area contributed by atoms with Crippen molar-refractivity contribution in [1.82, 2.24) is 14.8 Å². The summed E-state index contributed by atoms with van der Waals surface area (Å²) in [5, 5.41) is 5.12. The molecule has 2 N–H and O–H groups in total. The van der Waals surface area contributed by atoms with Gasteiger partial charge in [-0.2, -0.15) is 5.10 Å². The third kappa shape index (κ3) is 2.62. The van der Waals surface area contributed by atoms with Crippen LogP contribution in [0.25, 0.3) is 11.0 Å². The van der Waals surface area contributed by atoms with Crippen molar-refractivity contribution in [1.29, 1.82) is 0 Å². The first-order chi connectivity index (χ1) is 10.3. The Bertz CT molecular complexity index is 732. The van der Waals surface area contributed by atoms with Crippen LogP contribution in [0, 0.1) is 0 Å². The first-order valence-corrected chi connectivity index (χ1v) is 7.03. The summed E-state index contributed by atoms with van der Waals surface area (Å²) >= 11 is 0. The highest BCUT2D eigenvalue weighted by atomic mass is 16.5. The Kier molecular flexibility index (Phi) is 3.87. The Balaban J connectivity index is 1.86. The number of fused-ring (bicyclic) bond motifs is 1. The zero-order valence-electron chi connectivity index (χ0n) is 12.0. The minimum absolute atomic E-state index is 0.297. The summed E-state index contributed by atoms with van der Waals surface area (Å²) in [5.74, 6) is 2.14. The lowest BCUT2D eigenvalue weighted by atomic mass is 10.2. The molecule has 0 unspecified atom stereocenters. The summed E-state index contributed by atoms with van der Waals surface area (Å²) in [7, 11) is 0. The van der Waals surface area contributed by atoms with Crippen molar-refractivity contribution in [3.05, 3.63) is 42.2 Å². The number of nitrogens with zero attached hydrogens (tertiary/aromatic N) is 3. The third-order valence-electron chi connectivity index (χ3n) is 3.28. The van der Waals surface area contributed by atoms with Crippen LogP contribution >= 0.6 is 0 Å². The number of benzene rings is 1. The largest absolute Gasteiger partial charge is 0.481 e. The number of aryl methyl sites for hydroxylation is 1. The second-order valence-electron chi connectivity index (χ2n) is 4.74. The Morgan fingerprint density at radius 1 is 1.33 bits per heavy atom. The zero-order valence-corrected chi connectivity index (χ0v) is 12.0. The average molecular weight is 286 g/mol. The molecule has 0 amide bonds. The van der Waals surface area contributed by atoms with E-state index in [0.717, 1.165) is 29.8 Å². The monoisotopic (exact) mass is 286 g/mol. The molecule has 0 saturated heterocycles. The highest BCUT2D eigenvalue weighted by Gasteiger charge is 2.15. The van der Waals surface area contributed by atoms with Crippen molar-refractivity contribution in [3.8, 4) is 5.75 Å². The molecular weight excluding hydrogens is 268 g/mol. The molecule has 110 valence electrons. The third-order valence-corrected chi connectivity index (χ3v) is 3.28. The van der Waals surface area contributed by atoms with Crippen molar-refractivity contribution >= 4 is 11.0 Å². The van der Waals surface area contributed by atoms with E-state index in [1.54, 1.807) is 6.33 Å². The fourth-order valence-corrected chi connectivity index (χ4v) is 2.30. The van der Waals surface area contributed by atoms with Crippen LogP contribution in [0.15, 0.2) is 35.0 Å². The number of hydrogen-bond donors (Lipinski definition) is 1. The molecule has 0 fully saturated rings. The number of nitrogens with two attached hydrogens (primary N) is 1. The van der Waals surface area contributed by atoms with Gasteiger partial charge in [-0.3, -0.25) is 0 Å². The van der Waals surface area contributed by atoms with Crippen LogP contribution in [-0.2, 0) is 19.7 Å². The van der Waals surface area contributed by atoms with Gasteiger partial charge in [-0.15, -0.1) is 0 Å². The van der Waals surface area contributed by atoms with Crippen LogP contribution in [0.2, 0.25) is 0 Å². The van der Waals surface area contributed by atoms with E-state index in [1.165, 1.54) is 0 Å². The van der Waals surface area contributed by atoms with E-state index in [-0.39, 0.29) is 0 Å². The Hall–Kier alpha value is -2.34. The molecule has 0 aliphatic rings. The summed E-state index contributed by atoms with van der Waals surface area (Å²) < 4.78 is 13.5. The number of aromatic nitrogens is 3. The lowest BCUT2D eigenvalue weighted by molar-refractivity contribution is 0.280. The molecule has 0 radical (unpaired) electrons. The topological polar surface area (TPSA) is 79.1 Å². The molecule has 3 aromatic rings. The molecule has 6 nitrogen and oxygen atoms in total. The second kappa shape index (κ2) is 5.97. The highest BCUT2D eigenvalue weighted by Crippen LogP contribution is 2.33. The van der Waals surface area contributed by atoms with Crippen LogP contribution in [0.4, 0.5) is 0 Å². The van der Waals surface area contributed by atoms with E-state index in [9.17, 15) is 0 Å². The minimum atomic E-state index is 0.297. The standard InChI is InChI=1S/C15H18N4O2/c1-2-7-19-14(17-10-18-19)9-20-15-11-5-3-4-6-12(11)21-13(15)8-16/h3-6,10H,2,7-9,16H2,1H3. The minimum Gasteiger partial charge on any atom is -0.481 e. The molecule has 21 heavy (non-hydrogen) atoms. The van der Waals surface area contributed by atoms with E-state index < -0.39 is 0 Å². The second-order valence-corrected chi connectivity index (χ2v) is 4.74. The van der Waals surface area contributed by atoms with E-state index in [1.807, 2.05) is 28.9 Å². The van der Waals surface area contributed by atoms with Gasteiger partial charge in [0.25, 0.3) is 0 Å². The van der Waals surface area contributed by atoms with E-state index >= 15 is 0 Å². The molecule has 0 atom stereocenters. The highest BCUT2D eigenvalue weighted by molar-refractivity contribution is 5.85. The molecule has 0 aliphatic heterocycles. The van der Waals surface area contributed by atoms with Gasteiger partial charge in [0.05, 0.1) is 11.9 Å². The van der Waals surface area contributed by atoms with Crippen molar-refractivity contribution < 1.29 is 9.15 Å². The zero-order chi connectivity index (χ0) is 14.7. The Morgan fingerprint density at radius 2 is 2.19 bits per heavy atom. The molecule has 0 saturated carbocycles. The summed E-state index contributed by atoms with van der Waals surface area (Å²) in [6.07, 6.45) is 2.55. The summed E-state index contributed by atoms with van der Waals surface area (Å²) in [5.41, 5.74) is 6.51. The molecular formula is C15H18N4O2. The average Bonchev–Trinajstić information content (AvgIpc) is 3.09. The molecule has 0 aliphatic carbocycles. The number of ether oxygens (including phenoxy) is 1. The molecule has 0 bridgehead atoms. The van der Waals surface area contributed by atoms with Gasteiger partial charge in [0, 0.05) is 6.54 Å². The maximum atomic E-state index is 5.92. The maximum absolute atomic E-state index is 5.92. The van der Waals surface area contributed by atoms with Gasteiger partial charge in [0.2, 0.25) is 0 Å². The van der Waals surface area contributed by atoms with Crippen molar-refractivity contribution in [2.75, 3.05) is 0 Å². The van der Waals surface area contributed by atoms with Gasteiger partial charge in [0.1, 0.15) is 18.5 Å². The lowest BCUT2D eigenvalue weighted by Gasteiger charge is -2.07. The predicted octanol–water partition coefficient (Wildman–Crippen LogP) is 2.47. The summed E-state index contributed by atoms with van der Waals surface area (Å²) in [4.78, 5) is 4.23. The molecule has 6 heteroatoms. The van der Waals surface area contributed by atoms with Gasteiger partial charge in [-0.25, -0.2) is 9.67 Å². The Morgan fingerprint density at radius 3 is 3.00 bits per heavy atom. The van der Waals surface area contributed by atoms with Crippen molar-refractivity contribution in [2.45, 2.75) is 33.0 Å². The molecule has 2 heterocycles.